The predicted molar refractivity (Wildman–Crippen MR) is 83.3 cm³/mol. The van der Waals surface area contributed by atoms with Crippen LogP contribution >= 0.6 is 0 Å². The van der Waals surface area contributed by atoms with Gasteiger partial charge in [-0.25, -0.2) is 0 Å². The van der Waals surface area contributed by atoms with Gasteiger partial charge in [0.15, 0.2) is 0 Å². The first-order chi connectivity index (χ1) is 10.1. The van der Waals surface area contributed by atoms with Crippen LogP contribution in [-0.4, -0.2) is 24.4 Å². The summed E-state index contributed by atoms with van der Waals surface area (Å²) in [5.41, 5.74) is 3.27. The number of fused-ring (bicyclic) bond motifs is 1. The van der Waals surface area contributed by atoms with Crippen molar-refractivity contribution >= 4 is 11.8 Å². The Morgan fingerprint density at radius 2 is 1.90 bits per heavy atom. The smallest absolute Gasteiger partial charge is 0.251 e. The van der Waals surface area contributed by atoms with Crippen molar-refractivity contribution in [3.63, 3.8) is 0 Å². The average Bonchev–Trinajstić information content (AvgIpc) is 2.51. The van der Waals surface area contributed by atoms with Crippen molar-refractivity contribution in [3.8, 4) is 0 Å². The lowest BCUT2D eigenvalue weighted by Gasteiger charge is -2.17. The van der Waals surface area contributed by atoms with E-state index in [0.29, 0.717) is 12.1 Å². The monoisotopic (exact) mass is 288 g/mol. The average molecular weight is 288 g/mol. The van der Waals surface area contributed by atoms with Gasteiger partial charge >= 0.3 is 0 Å². The number of carbonyl (C=O) groups is 2. The number of hydrogen-bond acceptors (Lipinski definition) is 2. The van der Waals surface area contributed by atoms with Gasteiger partial charge in [-0.15, -0.1) is 0 Å². The Morgan fingerprint density at radius 3 is 2.62 bits per heavy atom. The first-order valence-electron chi connectivity index (χ1n) is 7.82. The van der Waals surface area contributed by atoms with Crippen molar-refractivity contribution < 1.29 is 9.59 Å². The van der Waals surface area contributed by atoms with Crippen molar-refractivity contribution in [2.75, 3.05) is 6.54 Å². The van der Waals surface area contributed by atoms with Crippen LogP contribution in [0.3, 0.4) is 0 Å². The number of aryl methyl sites for hydroxylation is 2. The Labute approximate surface area is 126 Å². The molecule has 0 aliphatic heterocycles. The highest BCUT2D eigenvalue weighted by Crippen LogP contribution is 2.22. The minimum Gasteiger partial charge on any atom is -0.354 e. The van der Waals surface area contributed by atoms with Gasteiger partial charge in [0, 0.05) is 12.1 Å². The molecule has 4 nitrogen and oxygen atoms in total. The standard InChI is InChI=1S/C17H24N2O2/c1-3-10-18-16(20)12(2)19-17(21)15-9-8-13-6-4-5-7-14(13)11-15/h8-9,11-12H,3-7,10H2,1-2H3,(H,18,20)(H,19,21)/t12-/m1/s1. The molecule has 1 aromatic carbocycles. The third kappa shape index (κ3) is 4.06. The first kappa shape index (κ1) is 15.5. The summed E-state index contributed by atoms with van der Waals surface area (Å²) in [6.07, 6.45) is 5.45. The third-order valence-corrected chi connectivity index (χ3v) is 3.90. The summed E-state index contributed by atoms with van der Waals surface area (Å²) >= 11 is 0. The van der Waals surface area contributed by atoms with Gasteiger partial charge in [0.05, 0.1) is 0 Å². The maximum Gasteiger partial charge on any atom is 0.251 e. The molecule has 0 bridgehead atoms. The predicted octanol–water partition coefficient (Wildman–Crippen LogP) is 2.21. The van der Waals surface area contributed by atoms with Gasteiger partial charge in [-0.1, -0.05) is 13.0 Å². The molecular formula is C17H24N2O2. The molecule has 1 aliphatic rings. The lowest BCUT2D eigenvalue weighted by atomic mass is 9.90. The third-order valence-electron chi connectivity index (χ3n) is 3.90. The van der Waals surface area contributed by atoms with E-state index in [1.165, 1.54) is 24.0 Å². The Morgan fingerprint density at radius 1 is 1.19 bits per heavy atom. The van der Waals surface area contributed by atoms with E-state index in [4.69, 9.17) is 0 Å². The summed E-state index contributed by atoms with van der Waals surface area (Å²) in [4.78, 5) is 24.0. The molecule has 4 heteroatoms. The van der Waals surface area contributed by atoms with Crippen LogP contribution in [0.1, 0.15) is 54.6 Å². The van der Waals surface area contributed by atoms with Crippen molar-refractivity contribution in [1.82, 2.24) is 10.6 Å². The fourth-order valence-electron chi connectivity index (χ4n) is 2.62. The van der Waals surface area contributed by atoms with Crippen LogP contribution in [0.4, 0.5) is 0 Å². The fraction of sp³-hybridized carbons (Fsp3) is 0.529. The summed E-state index contributed by atoms with van der Waals surface area (Å²) in [7, 11) is 0. The maximum atomic E-state index is 12.2. The summed E-state index contributed by atoms with van der Waals surface area (Å²) in [6.45, 7) is 4.34. The van der Waals surface area contributed by atoms with E-state index in [0.717, 1.165) is 19.3 Å². The Hall–Kier alpha value is -1.84. The molecule has 21 heavy (non-hydrogen) atoms. The molecule has 2 amide bonds. The van der Waals surface area contributed by atoms with Crippen LogP contribution < -0.4 is 10.6 Å². The second-order valence-corrected chi connectivity index (χ2v) is 5.68. The van der Waals surface area contributed by atoms with Gasteiger partial charge in [0.1, 0.15) is 6.04 Å². The molecule has 0 unspecified atom stereocenters. The second-order valence-electron chi connectivity index (χ2n) is 5.68. The molecule has 2 rings (SSSR count). The highest BCUT2D eigenvalue weighted by atomic mass is 16.2. The zero-order chi connectivity index (χ0) is 15.2. The lowest BCUT2D eigenvalue weighted by molar-refractivity contribution is -0.122. The minimum atomic E-state index is -0.514. The van der Waals surface area contributed by atoms with Crippen molar-refractivity contribution in [1.29, 1.82) is 0 Å². The fourth-order valence-corrected chi connectivity index (χ4v) is 2.62. The minimum absolute atomic E-state index is 0.136. The molecule has 0 saturated carbocycles. The first-order valence-corrected chi connectivity index (χ1v) is 7.82. The Balaban J connectivity index is 1.98. The summed E-state index contributed by atoms with van der Waals surface area (Å²) in [5, 5.41) is 5.55. The number of rotatable bonds is 5. The number of hydrogen-bond donors (Lipinski definition) is 2. The van der Waals surface area contributed by atoms with E-state index in [1.807, 2.05) is 25.1 Å². The molecule has 0 fully saturated rings. The van der Waals surface area contributed by atoms with Crippen LogP contribution in [0.2, 0.25) is 0 Å². The van der Waals surface area contributed by atoms with Crippen molar-refractivity contribution in [3.05, 3.63) is 34.9 Å². The molecule has 0 spiro atoms. The molecule has 2 N–H and O–H groups in total. The highest BCUT2D eigenvalue weighted by molar-refractivity contribution is 5.97. The molecule has 114 valence electrons. The summed E-state index contributed by atoms with van der Waals surface area (Å²) in [6, 6.07) is 5.36. The lowest BCUT2D eigenvalue weighted by Crippen LogP contribution is -2.45. The molecule has 0 radical (unpaired) electrons. The van der Waals surface area contributed by atoms with Crippen LogP contribution in [0.25, 0.3) is 0 Å². The molecule has 0 heterocycles. The quantitative estimate of drug-likeness (QED) is 0.872. The van der Waals surface area contributed by atoms with E-state index in [9.17, 15) is 9.59 Å². The zero-order valence-corrected chi connectivity index (χ0v) is 12.9. The molecule has 1 aromatic rings. The second kappa shape index (κ2) is 7.25. The van der Waals surface area contributed by atoms with Gasteiger partial charge in [-0.3, -0.25) is 9.59 Å². The number of carbonyl (C=O) groups excluding carboxylic acids is 2. The van der Waals surface area contributed by atoms with Crippen molar-refractivity contribution in [2.45, 2.75) is 52.0 Å². The van der Waals surface area contributed by atoms with Crippen LogP contribution in [0.5, 0.6) is 0 Å². The van der Waals surface area contributed by atoms with E-state index >= 15 is 0 Å². The van der Waals surface area contributed by atoms with Gasteiger partial charge in [-0.05, 0) is 62.3 Å². The van der Waals surface area contributed by atoms with Crippen LogP contribution in [0.15, 0.2) is 18.2 Å². The molecule has 1 atom stereocenters. The van der Waals surface area contributed by atoms with Crippen LogP contribution in [-0.2, 0) is 17.6 Å². The van der Waals surface area contributed by atoms with Gasteiger partial charge < -0.3 is 10.6 Å². The Kier molecular flexibility index (Phi) is 5.37. The highest BCUT2D eigenvalue weighted by Gasteiger charge is 2.17. The van der Waals surface area contributed by atoms with Gasteiger partial charge in [0.2, 0.25) is 5.91 Å². The SMILES string of the molecule is CCCNC(=O)[C@@H](C)NC(=O)c1ccc2c(c1)CCCC2. The van der Waals surface area contributed by atoms with E-state index in [2.05, 4.69) is 10.6 Å². The summed E-state index contributed by atoms with van der Waals surface area (Å²) < 4.78 is 0. The normalized spacial score (nSPS) is 15.0. The van der Waals surface area contributed by atoms with Crippen LogP contribution in [0, 0.1) is 0 Å². The number of benzene rings is 1. The largest absolute Gasteiger partial charge is 0.354 e. The summed E-state index contributed by atoms with van der Waals surface area (Å²) in [5.74, 6) is -0.314. The molecule has 0 aromatic heterocycles. The van der Waals surface area contributed by atoms with Crippen molar-refractivity contribution in [2.24, 2.45) is 0 Å². The van der Waals surface area contributed by atoms with E-state index in [1.54, 1.807) is 6.92 Å². The Bertz CT molecular complexity index is 526. The van der Waals surface area contributed by atoms with Gasteiger partial charge in [0.25, 0.3) is 5.91 Å². The molecule has 1 aliphatic carbocycles. The maximum absolute atomic E-state index is 12.2. The van der Waals surface area contributed by atoms with Gasteiger partial charge in [-0.2, -0.15) is 0 Å². The molecule has 0 saturated heterocycles. The van der Waals surface area contributed by atoms with E-state index < -0.39 is 6.04 Å². The zero-order valence-electron chi connectivity index (χ0n) is 12.9. The number of nitrogens with one attached hydrogen (secondary N) is 2. The topological polar surface area (TPSA) is 58.2 Å². The number of amides is 2. The van der Waals surface area contributed by atoms with E-state index in [-0.39, 0.29) is 11.8 Å². The molecular weight excluding hydrogens is 264 g/mol.